The van der Waals surface area contributed by atoms with Crippen LogP contribution in [0.1, 0.15) is 94.8 Å². The van der Waals surface area contributed by atoms with Crippen LogP contribution in [0.2, 0.25) is 0 Å². The predicted molar refractivity (Wildman–Crippen MR) is 315 cm³/mol. The number of azide groups is 3. The minimum atomic E-state index is -1.88. The monoisotopic (exact) mass is 1250 g/mol. The summed E-state index contributed by atoms with van der Waals surface area (Å²) < 4.78 is 42.8. The molecule has 37 heteroatoms. The van der Waals surface area contributed by atoms with Crippen LogP contribution < -0.4 is 22.8 Å². The zero-order valence-electron chi connectivity index (χ0n) is 51.9. The van der Waals surface area contributed by atoms with Crippen LogP contribution in [-0.2, 0) is 52.3 Å². The van der Waals surface area contributed by atoms with Gasteiger partial charge in [-0.15, -0.1) is 0 Å². The summed E-state index contributed by atoms with van der Waals surface area (Å²) >= 11 is 0. The van der Waals surface area contributed by atoms with Crippen LogP contribution in [0.5, 0.6) is 0 Å². The Morgan fingerprint density at radius 1 is 0.607 bits per heavy atom. The second kappa shape index (κ2) is 32.3. The zero-order chi connectivity index (χ0) is 66.2. The molecule has 0 aromatic carbocycles. The Bertz CT molecular complexity index is 3350. The Morgan fingerprint density at radius 3 is 1.25 bits per heavy atom. The molecule has 6 heterocycles. The second-order valence-corrected chi connectivity index (χ2v) is 22.3. The number of esters is 4. The number of carbonyl (C=O) groups excluding carboxylic acids is 4. The van der Waals surface area contributed by atoms with Crippen LogP contribution in [0, 0.1) is 41.4 Å². The standard InChI is InChI=1S/C21H31N7O6.C18H26N6O6.C13H19N7O4.H2O/c1-12(2)18(29)32-10-21(25-26-22)16(33-19(30)13(3)4)14(5)17(34-21)28-9-8-15(24-20(28)31)23-11-27(6)7;1-9(2)15(25)28-8-18(22-23-20)13(29-16(26)10(3)4)11(5)14(30-18)24-7-6-12(19)21-17(24)27;1-8-10(22)13(6-21,17-18-14)24-11(8)20-5-4-9(16-12(20)23)15-7-19(2)3;/h8-9,11-14,16-17H,10H2,1-7H3;6-7,9-11,13-14H,8H2,1-5H3,(H2,19,21,27);4-5,7-8,10-11,21-22H,6H2,1-3H3;1H2/t14-,16-,17+,21+;11-,13-,14+,18+;8-,10-,11+,13+;/m000./s1. The molecule has 6 rings (SSSR count). The van der Waals surface area contributed by atoms with E-state index in [-0.39, 0.29) is 22.9 Å². The minimum absolute atomic E-state index is 0. The maximum atomic E-state index is 12.8. The number of nitrogen functional groups attached to an aromatic ring is 1. The Labute approximate surface area is 509 Å². The second-order valence-electron chi connectivity index (χ2n) is 22.3. The van der Waals surface area contributed by atoms with Crippen LogP contribution in [0.4, 0.5) is 17.5 Å². The average molecular weight is 1260 g/mol. The van der Waals surface area contributed by atoms with Crippen LogP contribution in [0.3, 0.4) is 0 Å². The van der Waals surface area contributed by atoms with Gasteiger partial charge in [0.25, 0.3) is 0 Å². The van der Waals surface area contributed by atoms with Crippen LogP contribution in [0.15, 0.2) is 76.5 Å². The number of nitrogens with two attached hydrogens (primary N) is 1. The van der Waals surface area contributed by atoms with E-state index in [1.54, 1.807) is 114 Å². The van der Waals surface area contributed by atoms with E-state index in [4.69, 9.17) is 50.0 Å². The quantitative estimate of drug-likeness (QED) is 0.0262. The zero-order valence-corrected chi connectivity index (χ0v) is 51.9. The van der Waals surface area contributed by atoms with Gasteiger partial charge in [-0.1, -0.05) is 91.5 Å². The Balaban J connectivity index is 0.000000352. The summed E-state index contributed by atoms with van der Waals surface area (Å²) in [7, 11) is 7.12. The topological polar surface area (TPSA) is 513 Å². The van der Waals surface area contributed by atoms with Gasteiger partial charge in [0.15, 0.2) is 17.4 Å². The highest BCUT2D eigenvalue weighted by molar-refractivity contribution is 5.73. The minimum Gasteiger partial charge on any atom is -0.462 e. The molecule has 0 bridgehead atoms. The molecule has 3 aromatic heterocycles. The lowest BCUT2D eigenvalue weighted by Gasteiger charge is -2.30. The van der Waals surface area contributed by atoms with Crippen molar-refractivity contribution in [2.45, 2.75) is 130 Å². The first-order valence-electron chi connectivity index (χ1n) is 27.5. The van der Waals surface area contributed by atoms with Crippen molar-refractivity contribution in [3.05, 3.63) is 99.6 Å². The summed E-state index contributed by atoms with van der Waals surface area (Å²) in [6.07, 6.45) is 0.714. The molecule has 0 aliphatic carbocycles. The first kappa shape index (κ1) is 74.2. The fraction of sp³-hybridized carbons (Fsp3) is 0.654. The number of nitrogens with zero attached hydrogens (tertiary/aromatic N) is 19. The third-order valence-electron chi connectivity index (χ3n) is 13.4. The normalized spacial score (nSPS) is 26.0. The maximum Gasteiger partial charge on any atom is 0.351 e. The van der Waals surface area contributed by atoms with E-state index in [1.165, 1.54) is 54.0 Å². The van der Waals surface area contributed by atoms with E-state index in [0.717, 1.165) is 9.13 Å². The smallest absolute Gasteiger partial charge is 0.351 e. The fourth-order valence-corrected chi connectivity index (χ4v) is 8.61. The van der Waals surface area contributed by atoms with Crippen molar-refractivity contribution >= 4 is 54.0 Å². The number of aliphatic imine (C=N–C) groups is 2. The lowest BCUT2D eigenvalue weighted by atomic mass is 9.97. The number of hydrogen-bond donors (Lipinski definition) is 3. The molecule has 3 aromatic rings. The van der Waals surface area contributed by atoms with Gasteiger partial charge in [-0.05, 0) is 34.8 Å². The van der Waals surface area contributed by atoms with Gasteiger partial charge < -0.3 is 64.4 Å². The summed E-state index contributed by atoms with van der Waals surface area (Å²) in [5, 5.41) is 30.5. The molecule has 37 nitrogen and oxygen atoms in total. The average Bonchev–Trinajstić information content (AvgIpc) is 2.58. The summed E-state index contributed by atoms with van der Waals surface area (Å²) in [4.78, 5) is 117. The van der Waals surface area contributed by atoms with Crippen molar-refractivity contribution in [3.63, 3.8) is 0 Å². The molecule has 3 aliphatic heterocycles. The summed E-state index contributed by atoms with van der Waals surface area (Å²) in [5.41, 5.74) is 25.0. The van der Waals surface area contributed by atoms with Crippen LogP contribution >= 0.6 is 0 Å². The Hall–Kier alpha value is -9.05. The summed E-state index contributed by atoms with van der Waals surface area (Å²) in [5.74, 6) is -5.57. The molecule has 3 aliphatic rings. The van der Waals surface area contributed by atoms with Crippen molar-refractivity contribution < 1.29 is 68.0 Å². The fourth-order valence-electron chi connectivity index (χ4n) is 8.61. The molecule has 0 unspecified atom stereocenters. The number of carbonyl (C=O) groups is 4. The van der Waals surface area contributed by atoms with Gasteiger partial charge in [-0.25, -0.2) is 24.4 Å². The maximum absolute atomic E-state index is 12.8. The largest absolute Gasteiger partial charge is 0.462 e. The van der Waals surface area contributed by atoms with E-state index in [0.29, 0.717) is 0 Å². The number of anilines is 1. The highest BCUT2D eigenvalue weighted by Crippen LogP contribution is 2.46. The molecule has 0 saturated carbocycles. The summed E-state index contributed by atoms with van der Waals surface area (Å²) in [6.45, 7) is 16.4. The number of aliphatic hydroxyl groups is 2. The highest BCUT2D eigenvalue weighted by Gasteiger charge is 2.59. The Kier molecular flexibility index (Phi) is 26.9. The van der Waals surface area contributed by atoms with Gasteiger partial charge in [0.05, 0.1) is 49.1 Å². The van der Waals surface area contributed by atoms with E-state index < -0.39 is 156 Å². The SMILES string of the molecule is CC(C)C(=O)OC[C@@]1(N=[N+]=[N-])O[C@@H](n2ccc(N)nc2=O)[C@@H](C)[C@@H]1OC(=O)C(C)C.CC(C)C(=O)OC[C@@]1(N=[N+]=[N-])O[C@@H](n2ccc(N=CN(C)C)nc2=O)[C@@H](C)[C@@H]1OC(=O)C(C)C.C[C@@H]1[C@H](n2ccc(N=CN(C)C)nc2=O)O[C@@](CO)(N=[N+]=[N-])[C@H]1O.O. The molecule has 0 radical (unpaired) electrons. The third-order valence-corrected chi connectivity index (χ3v) is 13.4. The van der Waals surface area contributed by atoms with Crippen LogP contribution in [-0.4, -0.2) is 174 Å². The van der Waals surface area contributed by atoms with Crippen LogP contribution in [0.25, 0.3) is 31.3 Å². The lowest BCUT2D eigenvalue weighted by Crippen LogP contribution is -2.47. The molecule has 6 N–H and O–H groups in total. The first-order chi connectivity index (χ1) is 41.3. The molecule has 0 spiro atoms. The van der Waals surface area contributed by atoms with E-state index in [9.17, 15) is 49.3 Å². The van der Waals surface area contributed by atoms with Crippen molar-refractivity contribution in [2.75, 3.05) is 53.7 Å². The molecule has 3 saturated heterocycles. The van der Waals surface area contributed by atoms with Crippen molar-refractivity contribution in [2.24, 2.45) is 66.8 Å². The van der Waals surface area contributed by atoms with Crippen molar-refractivity contribution in [1.29, 1.82) is 0 Å². The number of aromatic nitrogens is 6. The molecular weight excluding hydrogens is 1180 g/mol. The van der Waals surface area contributed by atoms with E-state index >= 15 is 0 Å². The van der Waals surface area contributed by atoms with Gasteiger partial charge in [-0.3, -0.25) is 32.9 Å². The molecule has 12 atom stereocenters. The first-order valence-corrected chi connectivity index (χ1v) is 27.5. The third kappa shape index (κ3) is 18.3. The number of aliphatic hydroxyl groups excluding tert-OH is 2. The van der Waals surface area contributed by atoms with Gasteiger partial charge in [-0.2, -0.15) is 15.0 Å². The molecule has 89 heavy (non-hydrogen) atoms. The molecule has 488 valence electrons. The lowest BCUT2D eigenvalue weighted by molar-refractivity contribution is -0.181. The van der Waals surface area contributed by atoms with Crippen molar-refractivity contribution in [3.8, 4) is 0 Å². The van der Waals surface area contributed by atoms with E-state index in [2.05, 4.69) is 55.0 Å². The Morgan fingerprint density at radius 2 is 0.933 bits per heavy atom. The van der Waals surface area contributed by atoms with E-state index in [1.807, 2.05) is 0 Å². The van der Waals surface area contributed by atoms with Gasteiger partial charge >= 0.3 is 40.9 Å². The highest BCUT2D eigenvalue weighted by atomic mass is 16.6. The van der Waals surface area contributed by atoms with Gasteiger partial charge in [0.2, 0.25) is 11.4 Å². The molecule has 0 amide bonds. The predicted octanol–water partition coefficient (Wildman–Crippen LogP) is 3.33. The number of rotatable bonds is 21. The van der Waals surface area contributed by atoms with Gasteiger partial charge in [0.1, 0.15) is 49.9 Å². The van der Waals surface area contributed by atoms with Gasteiger partial charge in [0, 0.05) is 79.3 Å². The summed E-state index contributed by atoms with van der Waals surface area (Å²) in [6, 6.07) is 4.42. The number of ether oxygens (including phenoxy) is 7. The molecular formula is C52H78N20O17. The molecule has 3 fully saturated rings. The number of hydrogen-bond acceptors (Lipinski definition) is 25. The van der Waals surface area contributed by atoms with Crippen molar-refractivity contribution in [1.82, 2.24) is 38.5 Å².